The van der Waals surface area contributed by atoms with Gasteiger partial charge in [-0.05, 0) is 39.7 Å². The van der Waals surface area contributed by atoms with Crippen LogP contribution in [0.25, 0.3) is 0 Å². The highest BCUT2D eigenvalue weighted by Crippen LogP contribution is 2.15. The minimum atomic E-state index is -0.0170. The standard InChI is InChI=1S/C16H29N3O/c1-6-8-9-14(7-2)10-17-11(3)15-12(4)18-13(5)19-16(15)20/h11,14,17H,6-10H2,1-5H3,(H,18,19,20). The Labute approximate surface area is 122 Å². The van der Waals surface area contributed by atoms with Gasteiger partial charge in [-0.1, -0.05) is 33.1 Å². The number of aromatic nitrogens is 2. The molecule has 0 radical (unpaired) electrons. The molecule has 0 bridgehead atoms. The van der Waals surface area contributed by atoms with E-state index in [0.717, 1.165) is 17.8 Å². The van der Waals surface area contributed by atoms with Crippen molar-refractivity contribution in [3.8, 4) is 0 Å². The van der Waals surface area contributed by atoms with Crippen LogP contribution in [0.3, 0.4) is 0 Å². The quantitative estimate of drug-likeness (QED) is 0.768. The van der Waals surface area contributed by atoms with Gasteiger partial charge < -0.3 is 10.3 Å². The van der Waals surface area contributed by atoms with E-state index < -0.39 is 0 Å². The zero-order valence-corrected chi connectivity index (χ0v) is 13.5. The summed E-state index contributed by atoms with van der Waals surface area (Å²) in [5, 5.41) is 3.50. The van der Waals surface area contributed by atoms with Crippen LogP contribution < -0.4 is 10.9 Å². The molecule has 0 saturated carbocycles. The van der Waals surface area contributed by atoms with Gasteiger partial charge in [0.05, 0.1) is 5.56 Å². The highest BCUT2D eigenvalue weighted by molar-refractivity contribution is 5.19. The molecule has 0 aliphatic carbocycles. The van der Waals surface area contributed by atoms with E-state index in [2.05, 4.69) is 29.1 Å². The van der Waals surface area contributed by atoms with Gasteiger partial charge >= 0.3 is 0 Å². The molecule has 1 heterocycles. The Morgan fingerprint density at radius 2 is 2.00 bits per heavy atom. The Hall–Kier alpha value is -1.16. The fraction of sp³-hybridized carbons (Fsp3) is 0.750. The second kappa shape index (κ2) is 8.20. The Morgan fingerprint density at radius 3 is 2.55 bits per heavy atom. The van der Waals surface area contributed by atoms with Gasteiger partial charge in [0.15, 0.2) is 0 Å². The molecule has 1 aromatic heterocycles. The summed E-state index contributed by atoms with van der Waals surface area (Å²) >= 11 is 0. The minimum Gasteiger partial charge on any atom is -0.310 e. The van der Waals surface area contributed by atoms with Gasteiger partial charge in [0.1, 0.15) is 5.82 Å². The molecule has 4 heteroatoms. The van der Waals surface area contributed by atoms with E-state index >= 15 is 0 Å². The van der Waals surface area contributed by atoms with Crippen LogP contribution in [0, 0.1) is 19.8 Å². The molecule has 2 N–H and O–H groups in total. The average molecular weight is 279 g/mol. The highest BCUT2D eigenvalue weighted by Gasteiger charge is 2.15. The summed E-state index contributed by atoms with van der Waals surface area (Å²) in [6.07, 6.45) is 4.96. The lowest BCUT2D eigenvalue weighted by Gasteiger charge is -2.20. The zero-order valence-electron chi connectivity index (χ0n) is 13.5. The van der Waals surface area contributed by atoms with E-state index in [1.807, 2.05) is 20.8 Å². The molecule has 0 fully saturated rings. The predicted molar refractivity (Wildman–Crippen MR) is 84.1 cm³/mol. The van der Waals surface area contributed by atoms with E-state index in [9.17, 15) is 4.79 Å². The van der Waals surface area contributed by atoms with Crippen molar-refractivity contribution in [3.63, 3.8) is 0 Å². The van der Waals surface area contributed by atoms with E-state index in [1.54, 1.807) is 0 Å². The topological polar surface area (TPSA) is 57.8 Å². The molecule has 0 aliphatic rings. The van der Waals surface area contributed by atoms with E-state index in [1.165, 1.54) is 25.7 Å². The van der Waals surface area contributed by atoms with Gasteiger partial charge in [0.2, 0.25) is 0 Å². The third-order valence-corrected chi connectivity index (χ3v) is 3.95. The molecule has 2 unspecified atom stereocenters. The molecule has 114 valence electrons. The normalized spacial score (nSPS) is 14.2. The lowest BCUT2D eigenvalue weighted by molar-refractivity contribution is 0.397. The molecule has 1 aromatic rings. The van der Waals surface area contributed by atoms with Crippen molar-refractivity contribution in [1.82, 2.24) is 15.3 Å². The van der Waals surface area contributed by atoms with Crippen molar-refractivity contribution in [1.29, 1.82) is 0 Å². The van der Waals surface area contributed by atoms with Crippen molar-refractivity contribution < 1.29 is 0 Å². The summed E-state index contributed by atoms with van der Waals surface area (Å²) in [6.45, 7) is 11.2. The fourth-order valence-corrected chi connectivity index (χ4v) is 2.63. The average Bonchev–Trinajstić information content (AvgIpc) is 2.37. The third-order valence-electron chi connectivity index (χ3n) is 3.95. The summed E-state index contributed by atoms with van der Waals surface area (Å²) in [5.41, 5.74) is 1.57. The summed E-state index contributed by atoms with van der Waals surface area (Å²) in [7, 11) is 0. The number of aryl methyl sites for hydroxylation is 2. The van der Waals surface area contributed by atoms with E-state index in [0.29, 0.717) is 11.7 Å². The van der Waals surface area contributed by atoms with Crippen molar-refractivity contribution in [3.05, 3.63) is 27.4 Å². The van der Waals surface area contributed by atoms with Gasteiger partial charge in [0, 0.05) is 11.7 Å². The van der Waals surface area contributed by atoms with Gasteiger partial charge in [-0.15, -0.1) is 0 Å². The molecule has 0 aliphatic heterocycles. The third kappa shape index (κ3) is 4.75. The Kier molecular flexibility index (Phi) is 6.93. The maximum atomic E-state index is 12.1. The Bertz CT molecular complexity index is 467. The van der Waals surface area contributed by atoms with Crippen LogP contribution in [0.5, 0.6) is 0 Å². The smallest absolute Gasteiger partial charge is 0.255 e. The zero-order chi connectivity index (χ0) is 15.1. The van der Waals surface area contributed by atoms with E-state index in [4.69, 9.17) is 0 Å². The first kappa shape index (κ1) is 16.9. The predicted octanol–water partition coefficient (Wildman–Crippen LogP) is 3.25. The number of hydrogen-bond acceptors (Lipinski definition) is 3. The number of nitrogens with one attached hydrogen (secondary N) is 2. The van der Waals surface area contributed by atoms with Crippen LogP contribution in [0.2, 0.25) is 0 Å². The van der Waals surface area contributed by atoms with Crippen LogP contribution in [0.4, 0.5) is 0 Å². The molecule has 2 atom stereocenters. The van der Waals surface area contributed by atoms with Gasteiger partial charge in [-0.2, -0.15) is 0 Å². The van der Waals surface area contributed by atoms with Crippen LogP contribution in [0.1, 0.15) is 69.6 Å². The summed E-state index contributed by atoms with van der Waals surface area (Å²) in [5.74, 6) is 1.37. The maximum Gasteiger partial charge on any atom is 0.255 e. The second-order valence-corrected chi connectivity index (χ2v) is 5.70. The summed E-state index contributed by atoms with van der Waals surface area (Å²) < 4.78 is 0. The molecule has 1 rings (SSSR count). The molecule has 0 saturated heterocycles. The molecular formula is C16H29N3O. The Balaban J connectivity index is 2.67. The molecule has 0 spiro atoms. The number of rotatable bonds is 8. The van der Waals surface area contributed by atoms with Crippen molar-refractivity contribution >= 4 is 0 Å². The molecular weight excluding hydrogens is 250 g/mol. The number of hydrogen-bond donors (Lipinski definition) is 2. The molecule has 0 amide bonds. The first-order valence-electron chi connectivity index (χ1n) is 7.80. The first-order valence-corrected chi connectivity index (χ1v) is 7.80. The van der Waals surface area contributed by atoms with Gasteiger partial charge in [-0.25, -0.2) is 4.98 Å². The number of H-pyrrole nitrogens is 1. The largest absolute Gasteiger partial charge is 0.310 e. The van der Waals surface area contributed by atoms with Crippen LogP contribution >= 0.6 is 0 Å². The monoisotopic (exact) mass is 279 g/mol. The number of nitrogens with zero attached hydrogens (tertiary/aromatic N) is 1. The van der Waals surface area contributed by atoms with Crippen LogP contribution in [-0.2, 0) is 0 Å². The lowest BCUT2D eigenvalue weighted by atomic mass is 9.98. The van der Waals surface area contributed by atoms with Crippen LogP contribution in [-0.4, -0.2) is 16.5 Å². The van der Waals surface area contributed by atoms with Gasteiger partial charge in [-0.3, -0.25) is 4.79 Å². The molecule has 0 aromatic carbocycles. The molecule has 20 heavy (non-hydrogen) atoms. The highest BCUT2D eigenvalue weighted by atomic mass is 16.1. The maximum absolute atomic E-state index is 12.1. The lowest BCUT2D eigenvalue weighted by Crippen LogP contribution is -2.31. The van der Waals surface area contributed by atoms with Gasteiger partial charge in [0.25, 0.3) is 5.56 Å². The number of aromatic amines is 1. The van der Waals surface area contributed by atoms with E-state index in [-0.39, 0.29) is 11.6 Å². The Morgan fingerprint density at radius 1 is 1.30 bits per heavy atom. The van der Waals surface area contributed by atoms with Crippen molar-refractivity contribution in [2.24, 2.45) is 5.92 Å². The minimum absolute atomic E-state index is 0.0170. The fourth-order valence-electron chi connectivity index (χ4n) is 2.63. The summed E-state index contributed by atoms with van der Waals surface area (Å²) in [4.78, 5) is 19.2. The SMILES string of the molecule is CCCCC(CC)CNC(C)c1c(C)nc(C)[nH]c1=O. The second-order valence-electron chi connectivity index (χ2n) is 5.70. The summed E-state index contributed by atoms with van der Waals surface area (Å²) in [6, 6.07) is 0.0440. The number of unbranched alkanes of at least 4 members (excludes halogenated alkanes) is 1. The molecule has 4 nitrogen and oxygen atoms in total. The van der Waals surface area contributed by atoms with Crippen LogP contribution in [0.15, 0.2) is 4.79 Å². The first-order chi connectivity index (χ1) is 9.49. The van der Waals surface area contributed by atoms with Crippen molar-refractivity contribution in [2.75, 3.05) is 6.54 Å². The van der Waals surface area contributed by atoms with Crippen molar-refractivity contribution in [2.45, 2.75) is 66.3 Å².